The van der Waals surface area contributed by atoms with Crippen molar-refractivity contribution in [3.05, 3.63) is 0 Å². The summed E-state index contributed by atoms with van der Waals surface area (Å²) in [5.41, 5.74) is -1.32. The predicted molar refractivity (Wildman–Crippen MR) is 74.0 cm³/mol. The molecule has 1 aliphatic heterocycles. The number of carbonyl (C=O) groups excluding carboxylic acids is 2. The smallest absolute Gasteiger partial charge is 0.311 e. The summed E-state index contributed by atoms with van der Waals surface area (Å²) in [4.78, 5) is 36.3. The molecular formula is C14H24N2O4. The van der Waals surface area contributed by atoms with E-state index in [1.807, 2.05) is 20.8 Å². The van der Waals surface area contributed by atoms with Crippen molar-refractivity contribution < 1.29 is 19.5 Å². The maximum absolute atomic E-state index is 12.0. The van der Waals surface area contributed by atoms with E-state index in [0.29, 0.717) is 13.0 Å². The fourth-order valence-corrected chi connectivity index (χ4v) is 2.05. The van der Waals surface area contributed by atoms with Crippen LogP contribution in [0.2, 0.25) is 0 Å². The van der Waals surface area contributed by atoms with Gasteiger partial charge in [0, 0.05) is 31.5 Å². The Hall–Kier alpha value is -1.59. The molecular weight excluding hydrogens is 260 g/mol. The highest BCUT2D eigenvalue weighted by Gasteiger charge is 2.41. The molecule has 1 fully saturated rings. The largest absolute Gasteiger partial charge is 0.481 e. The third kappa shape index (κ3) is 3.95. The van der Waals surface area contributed by atoms with Gasteiger partial charge in [-0.2, -0.15) is 0 Å². The summed E-state index contributed by atoms with van der Waals surface area (Å²) in [5.74, 6) is -1.07. The van der Waals surface area contributed by atoms with Gasteiger partial charge in [-0.1, -0.05) is 20.8 Å². The number of amides is 2. The van der Waals surface area contributed by atoms with Gasteiger partial charge in [0.25, 0.3) is 0 Å². The highest BCUT2D eigenvalue weighted by atomic mass is 16.4. The minimum Gasteiger partial charge on any atom is -0.481 e. The summed E-state index contributed by atoms with van der Waals surface area (Å²) >= 11 is 0. The number of hydrogen-bond acceptors (Lipinski definition) is 3. The number of rotatable bonds is 4. The Morgan fingerprint density at radius 1 is 1.30 bits per heavy atom. The van der Waals surface area contributed by atoms with Crippen LogP contribution in [-0.2, 0) is 14.4 Å². The van der Waals surface area contributed by atoms with Gasteiger partial charge in [0.1, 0.15) is 0 Å². The molecule has 2 N–H and O–H groups in total. The molecule has 1 saturated heterocycles. The third-order valence-corrected chi connectivity index (χ3v) is 3.65. The second-order valence-corrected chi connectivity index (χ2v) is 6.69. The van der Waals surface area contributed by atoms with E-state index in [9.17, 15) is 14.4 Å². The number of carboxylic acids is 1. The normalized spacial score (nSPS) is 22.7. The first-order valence-electron chi connectivity index (χ1n) is 6.86. The predicted octanol–water partition coefficient (Wildman–Crippen LogP) is 0.862. The molecule has 1 rings (SSSR count). The van der Waals surface area contributed by atoms with Crippen molar-refractivity contribution in [2.45, 2.75) is 40.5 Å². The first-order chi connectivity index (χ1) is 9.06. The molecule has 0 spiro atoms. The molecule has 1 unspecified atom stereocenters. The number of likely N-dealkylation sites (tertiary alicyclic amines) is 1. The Balaban J connectivity index is 2.39. The van der Waals surface area contributed by atoms with Crippen LogP contribution in [0.5, 0.6) is 0 Å². The average molecular weight is 284 g/mol. The number of carbonyl (C=O) groups is 3. The molecule has 0 aromatic rings. The zero-order valence-electron chi connectivity index (χ0n) is 12.7. The van der Waals surface area contributed by atoms with Crippen LogP contribution >= 0.6 is 0 Å². The van der Waals surface area contributed by atoms with E-state index >= 15 is 0 Å². The summed E-state index contributed by atoms with van der Waals surface area (Å²) in [5, 5.41) is 11.8. The first-order valence-corrected chi connectivity index (χ1v) is 6.86. The van der Waals surface area contributed by atoms with Crippen molar-refractivity contribution >= 4 is 17.8 Å². The van der Waals surface area contributed by atoms with Crippen molar-refractivity contribution in [3.8, 4) is 0 Å². The lowest BCUT2D eigenvalue weighted by molar-refractivity contribution is -0.147. The third-order valence-electron chi connectivity index (χ3n) is 3.65. The number of nitrogens with one attached hydrogen (secondary N) is 1. The Morgan fingerprint density at radius 2 is 1.90 bits per heavy atom. The number of nitrogens with zero attached hydrogens (tertiary/aromatic N) is 1. The zero-order valence-corrected chi connectivity index (χ0v) is 12.7. The molecule has 0 radical (unpaired) electrons. The molecule has 0 bridgehead atoms. The van der Waals surface area contributed by atoms with Crippen molar-refractivity contribution in [2.24, 2.45) is 10.8 Å². The number of hydrogen-bond donors (Lipinski definition) is 2. The van der Waals surface area contributed by atoms with Crippen LogP contribution in [0.3, 0.4) is 0 Å². The van der Waals surface area contributed by atoms with E-state index in [0.717, 1.165) is 0 Å². The molecule has 114 valence electrons. The van der Waals surface area contributed by atoms with Crippen molar-refractivity contribution in [3.63, 3.8) is 0 Å². The van der Waals surface area contributed by atoms with Gasteiger partial charge in [-0.25, -0.2) is 0 Å². The first kappa shape index (κ1) is 16.5. The second kappa shape index (κ2) is 5.81. The molecule has 0 aromatic carbocycles. The van der Waals surface area contributed by atoms with E-state index in [1.54, 1.807) is 11.8 Å². The van der Waals surface area contributed by atoms with Crippen LogP contribution in [0.15, 0.2) is 0 Å². The molecule has 6 heteroatoms. The quantitative estimate of drug-likeness (QED) is 0.801. The van der Waals surface area contributed by atoms with Crippen molar-refractivity contribution in [1.29, 1.82) is 0 Å². The van der Waals surface area contributed by atoms with Crippen LogP contribution < -0.4 is 5.32 Å². The topological polar surface area (TPSA) is 86.7 Å². The Morgan fingerprint density at radius 3 is 2.35 bits per heavy atom. The maximum atomic E-state index is 12.0. The molecule has 0 aliphatic carbocycles. The summed E-state index contributed by atoms with van der Waals surface area (Å²) in [6, 6.07) is 0. The zero-order chi connectivity index (χ0) is 15.6. The van der Waals surface area contributed by atoms with Crippen LogP contribution in [0.4, 0.5) is 0 Å². The van der Waals surface area contributed by atoms with Gasteiger partial charge in [0.05, 0.1) is 5.41 Å². The van der Waals surface area contributed by atoms with Crippen molar-refractivity contribution in [2.75, 3.05) is 19.6 Å². The minimum absolute atomic E-state index is 0.0953. The summed E-state index contributed by atoms with van der Waals surface area (Å²) in [6.45, 7) is 8.08. The van der Waals surface area contributed by atoms with Gasteiger partial charge in [0.15, 0.2) is 0 Å². The van der Waals surface area contributed by atoms with E-state index in [4.69, 9.17) is 5.11 Å². The van der Waals surface area contributed by atoms with Gasteiger partial charge in [-0.15, -0.1) is 0 Å². The van der Waals surface area contributed by atoms with Gasteiger partial charge >= 0.3 is 5.97 Å². The molecule has 6 nitrogen and oxygen atoms in total. The van der Waals surface area contributed by atoms with Crippen LogP contribution in [0.1, 0.15) is 40.5 Å². The van der Waals surface area contributed by atoms with Gasteiger partial charge < -0.3 is 15.3 Å². The lowest BCUT2D eigenvalue weighted by Crippen LogP contribution is -2.39. The Kier molecular flexibility index (Phi) is 4.78. The highest BCUT2D eigenvalue weighted by Crippen LogP contribution is 2.30. The Bertz CT molecular complexity index is 414. The molecule has 0 aromatic heterocycles. The van der Waals surface area contributed by atoms with E-state index in [2.05, 4.69) is 5.32 Å². The van der Waals surface area contributed by atoms with Crippen LogP contribution in [0.25, 0.3) is 0 Å². The monoisotopic (exact) mass is 284 g/mol. The lowest BCUT2D eigenvalue weighted by atomic mass is 9.90. The molecule has 1 aliphatic rings. The fourth-order valence-electron chi connectivity index (χ4n) is 2.05. The molecule has 0 saturated carbocycles. The lowest BCUT2D eigenvalue weighted by Gasteiger charge is -2.21. The summed E-state index contributed by atoms with van der Waals surface area (Å²) in [7, 11) is 0. The highest BCUT2D eigenvalue weighted by molar-refractivity contribution is 5.83. The number of carboxylic acid groups (broad SMARTS) is 1. The van der Waals surface area contributed by atoms with Crippen molar-refractivity contribution in [1.82, 2.24) is 10.2 Å². The van der Waals surface area contributed by atoms with E-state index < -0.39 is 16.8 Å². The van der Waals surface area contributed by atoms with Gasteiger partial charge in [-0.3, -0.25) is 14.4 Å². The van der Waals surface area contributed by atoms with Gasteiger partial charge in [-0.05, 0) is 13.3 Å². The fraction of sp³-hybridized carbons (Fsp3) is 0.786. The second-order valence-electron chi connectivity index (χ2n) is 6.69. The van der Waals surface area contributed by atoms with Crippen LogP contribution in [-0.4, -0.2) is 47.4 Å². The van der Waals surface area contributed by atoms with Gasteiger partial charge in [0.2, 0.25) is 11.8 Å². The summed E-state index contributed by atoms with van der Waals surface area (Å²) < 4.78 is 0. The minimum atomic E-state index is -0.867. The molecule has 20 heavy (non-hydrogen) atoms. The standard InChI is InChI=1S/C14H24N2O4/c1-13(2,3)11(18)15-7-5-10(17)16-8-6-14(4,9-16)12(19)20/h5-9H2,1-4H3,(H,15,18)(H,19,20). The van der Waals surface area contributed by atoms with E-state index in [-0.39, 0.29) is 31.3 Å². The maximum Gasteiger partial charge on any atom is 0.311 e. The average Bonchev–Trinajstić information content (AvgIpc) is 2.72. The SMILES string of the molecule is CC(C)(C)C(=O)NCCC(=O)N1CCC(C)(C(=O)O)C1. The van der Waals surface area contributed by atoms with E-state index in [1.165, 1.54) is 0 Å². The molecule has 1 heterocycles. The Labute approximate surface area is 119 Å². The number of aliphatic carboxylic acids is 1. The summed E-state index contributed by atoms with van der Waals surface area (Å²) in [6.07, 6.45) is 0.680. The molecule has 1 atom stereocenters. The molecule has 2 amide bonds. The van der Waals surface area contributed by atoms with Crippen LogP contribution in [0, 0.1) is 10.8 Å².